The van der Waals surface area contributed by atoms with Crippen LogP contribution in [0, 0.1) is 0 Å². The second kappa shape index (κ2) is 10.6. The van der Waals surface area contributed by atoms with Crippen molar-refractivity contribution in [2.75, 3.05) is 33.2 Å². The van der Waals surface area contributed by atoms with Crippen LogP contribution in [0.4, 0.5) is 11.7 Å². The average molecular weight is 484 g/mol. The molecule has 0 saturated carbocycles. The molecule has 10 heteroatoms. The minimum Gasteiger partial charge on any atom is -0.493 e. The first-order valence-corrected chi connectivity index (χ1v) is 11.5. The van der Waals surface area contributed by atoms with E-state index in [0.29, 0.717) is 53.0 Å². The number of rotatable bonds is 10. The highest BCUT2D eigenvalue weighted by atomic mass is 32.2. The van der Waals surface area contributed by atoms with Gasteiger partial charge in [0.2, 0.25) is 17.0 Å². The van der Waals surface area contributed by atoms with Gasteiger partial charge in [0.05, 0.1) is 21.3 Å². The fraction of sp³-hybridized carbons (Fsp3) is 0.208. The molecule has 0 aliphatic carbocycles. The molecule has 1 atom stereocenters. The zero-order chi connectivity index (χ0) is 24.1. The van der Waals surface area contributed by atoms with Gasteiger partial charge in [-0.2, -0.15) is 4.98 Å². The second-order valence-electron chi connectivity index (χ2n) is 7.30. The number of oxazole rings is 1. The summed E-state index contributed by atoms with van der Waals surface area (Å²) in [4.78, 5) is 4.57. The van der Waals surface area contributed by atoms with Gasteiger partial charge in [0.15, 0.2) is 17.1 Å². The predicted octanol–water partition coefficient (Wildman–Crippen LogP) is 4.53. The molecule has 178 valence electrons. The molecule has 0 saturated heterocycles. The molecule has 4 rings (SSSR count). The molecule has 3 aromatic carbocycles. The number of anilines is 2. The van der Waals surface area contributed by atoms with Crippen molar-refractivity contribution in [2.45, 2.75) is 6.42 Å². The van der Waals surface area contributed by atoms with Crippen LogP contribution in [0.1, 0.15) is 5.56 Å². The van der Waals surface area contributed by atoms with Crippen LogP contribution in [0.25, 0.3) is 22.2 Å². The van der Waals surface area contributed by atoms with E-state index in [9.17, 15) is 4.21 Å². The predicted molar refractivity (Wildman–Crippen MR) is 131 cm³/mol. The molecule has 0 aliphatic heterocycles. The van der Waals surface area contributed by atoms with Crippen molar-refractivity contribution in [2.24, 2.45) is 0 Å². The Morgan fingerprint density at radius 3 is 2.32 bits per heavy atom. The van der Waals surface area contributed by atoms with Crippen LogP contribution >= 0.6 is 0 Å². The van der Waals surface area contributed by atoms with Crippen LogP contribution in [-0.4, -0.2) is 41.6 Å². The van der Waals surface area contributed by atoms with Crippen molar-refractivity contribution >= 4 is 34.1 Å². The van der Waals surface area contributed by atoms with Gasteiger partial charge in [0.1, 0.15) is 5.52 Å². The first kappa shape index (κ1) is 23.6. The zero-order valence-electron chi connectivity index (χ0n) is 19.0. The number of benzene rings is 3. The van der Waals surface area contributed by atoms with Gasteiger partial charge in [0, 0.05) is 29.9 Å². The number of fused-ring (bicyclic) bond motifs is 1. The fourth-order valence-corrected chi connectivity index (χ4v) is 3.92. The molecule has 1 aromatic heterocycles. The molecule has 9 nitrogen and oxygen atoms in total. The van der Waals surface area contributed by atoms with Crippen molar-refractivity contribution in [3.63, 3.8) is 0 Å². The summed E-state index contributed by atoms with van der Waals surface area (Å²) in [6.45, 7) is 0.413. The molecule has 1 unspecified atom stereocenters. The van der Waals surface area contributed by atoms with Gasteiger partial charge in [-0.15, -0.1) is 0 Å². The molecule has 0 fully saturated rings. The highest BCUT2D eigenvalue weighted by Crippen LogP contribution is 2.41. The number of aromatic nitrogens is 1. The summed E-state index contributed by atoms with van der Waals surface area (Å²) in [7, 11) is 4.67. The molecule has 0 spiro atoms. The fourth-order valence-electron chi connectivity index (χ4n) is 3.64. The maximum absolute atomic E-state index is 10.7. The largest absolute Gasteiger partial charge is 0.493 e. The van der Waals surface area contributed by atoms with Crippen LogP contribution in [0.15, 0.2) is 59.0 Å². The van der Waals surface area contributed by atoms with Crippen molar-refractivity contribution in [3.8, 4) is 28.4 Å². The summed E-state index contributed by atoms with van der Waals surface area (Å²) in [5.74, 6) is 1.53. The summed E-state index contributed by atoms with van der Waals surface area (Å²) in [6.07, 6.45) is 0.641. The third kappa shape index (κ3) is 5.14. The number of methoxy groups -OCH3 is 3. The third-order valence-electron chi connectivity index (χ3n) is 5.24. The first-order chi connectivity index (χ1) is 16.5. The lowest BCUT2D eigenvalue weighted by molar-refractivity contribution is 0.324. The van der Waals surface area contributed by atoms with Gasteiger partial charge >= 0.3 is 0 Å². The van der Waals surface area contributed by atoms with E-state index in [4.69, 9.17) is 23.2 Å². The molecule has 34 heavy (non-hydrogen) atoms. The Morgan fingerprint density at radius 1 is 1.00 bits per heavy atom. The van der Waals surface area contributed by atoms with E-state index in [1.54, 1.807) is 33.5 Å². The highest BCUT2D eigenvalue weighted by molar-refractivity contribution is 7.77. The lowest BCUT2D eigenvalue weighted by atomic mass is 10.0. The monoisotopic (exact) mass is 483 g/mol. The zero-order valence-corrected chi connectivity index (χ0v) is 19.8. The Hall–Kier alpha value is -3.60. The molecule has 1 heterocycles. The van der Waals surface area contributed by atoms with E-state index in [2.05, 4.69) is 15.0 Å². The lowest BCUT2D eigenvalue weighted by Crippen LogP contribution is -2.18. The summed E-state index contributed by atoms with van der Waals surface area (Å²) in [6, 6.07) is 17.6. The van der Waals surface area contributed by atoms with Crippen LogP contribution in [0.5, 0.6) is 17.2 Å². The minimum absolute atomic E-state index is 0.330. The summed E-state index contributed by atoms with van der Waals surface area (Å²) in [5.41, 5.74) is 4.97. The van der Waals surface area contributed by atoms with E-state index in [1.165, 1.54) is 0 Å². The van der Waals surface area contributed by atoms with E-state index < -0.39 is 11.3 Å². The standard InChI is InChI=1S/C24H25N3O6S/c1-30-20-13-17(14-21(31-2)23(20)32-3)26-24-27-19-6-4-5-18(22(19)33-24)16-9-7-15(8-10-16)11-12-25-34(28)29/h4-10,13-14,25H,11-12H2,1-3H3,(H,26,27)(H,28,29). The molecule has 0 amide bonds. The van der Waals surface area contributed by atoms with E-state index in [-0.39, 0.29) is 0 Å². The van der Waals surface area contributed by atoms with Crippen molar-refractivity contribution in [1.82, 2.24) is 9.71 Å². The molecular weight excluding hydrogens is 458 g/mol. The molecule has 0 radical (unpaired) electrons. The Bertz CT molecular complexity index is 1280. The summed E-state index contributed by atoms with van der Waals surface area (Å²) in [5, 5.41) is 3.17. The van der Waals surface area contributed by atoms with Gasteiger partial charge in [-0.1, -0.05) is 36.4 Å². The van der Waals surface area contributed by atoms with Gasteiger partial charge in [-0.25, -0.2) is 8.93 Å². The van der Waals surface area contributed by atoms with Crippen molar-refractivity contribution in [3.05, 3.63) is 60.2 Å². The summed E-state index contributed by atoms with van der Waals surface area (Å²) < 4.78 is 44.3. The van der Waals surface area contributed by atoms with Gasteiger partial charge in [0.25, 0.3) is 6.01 Å². The number of para-hydroxylation sites is 1. The quantitative estimate of drug-likeness (QED) is 0.282. The Balaban J connectivity index is 1.60. The SMILES string of the molecule is COc1cc(Nc2nc3cccc(-c4ccc(CCNS(=O)O)cc4)c3o2)cc(OC)c1OC. The Kier molecular flexibility index (Phi) is 7.31. The molecule has 4 aromatic rings. The van der Waals surface area contributed by atoms with Gasteiger partial charge < -0.3 is 23.9 Å². The van der Waals surface area contributed by atoms with Gasteiger partial charge in [-0.05, 0) is 23.6 Å². The van der Waals surface area contributed by atoms with Crippen molar-refractivity contribution in [1.29, 1.82) is 0 Å². The van der Waals surface area contributed by atoms with Crippen LogP contribution in [-0.2, 0) is 17.7 Å². The Morgan fingerprint density at radius 2 is 1.71 bits per heavy atom. The van der Waals surface area contributed by atoms with Crippen LogP contribution in [0.2, 0.25) is 0 Å². The topological polar surface area (TPSA) is 115 Å². The lowest BCUT2D eigenvalue weighted by Gasteiger charge is -2.14. The Labute approximate surface area is 199 Å². The second-order valence-corrected chi connectivity index (χ2v) is 8.09. The number of hydrogen-bond acceptors (Lipinski definition) is 7. The number of hydrogen-bond donors (Lipinski definition) is 3. The molecule has 0 bridgehead atoms. The molecular formula is C24H25N3O6S. The number of nitrogens with one attached hydrogen (secondary N) is 2. The highest BCUT2D eigenvalue weighted by Gasteiger charge is 2.16. The number of ether oxygens (including phenoxy) is 3. The normalized spacial score (nSPS) is 11.9. The molecule has 3 N–H and O–H groups in total. The first-order valence-electron chi connectivity index (χ1n) is 10.4. The molecule has 0 aliphatic rings. The minimum atomic E-state index is -2.00. The van der Waals surface area contributed by atoms with Crippen molar-refractivity contribution < 1.29 is 27.4 Å². The van der Waals surface area contributed by atoms with E-state index >= 15 is 0 Å². The maximum atomic E-state index is 10.7. The van der Waals surface area contributed by atoms with E-state index in [1.807, 2.05) is 42.5 Å². The van der Waals surface area contributed by atoms with Crippen LogP contribution in [0.3, 0.4) is 0 Å². The smallest absolute Gasteiger partial charge is 0.300 e. The third-order valence-corrected chi connectivity index (χ3v) is 5.69. The summed E-state index contributed by atoms with van der Waals surface area (Å²) >= 11 is -2.00. The van der Waals surface area contributed by atoms with Gasteiger partial charge in [-0.3, -0.25) is 4.55 Å². The average Bonchev–Trinajstić information content (AvgIpc) is 3.26. The maximum Gasteiger partial charge on any atom is 0.300 e. The number of nitrogens with zero attached hydrogens (tertiary/aromatic N) is 1. The van der Waals surface area contributed by atoms with E-state index in [0.717, 1.165) is 16.7 Å². The van der Waals surface area contributed by atoms with Crippen LogP contribution < -0.4 is 24.2 Å².